The number of carboxylic acid groups (broad SMARTS) is 1. The van der Waals surface area contributed by atoms with Crippen molar-refractivity contribution in [2.45, 2.75) is 19.8 Å². The molecule has 1 unspecified atom stereocenters. The number of aliphatic hydroxyl groups is 1. The van der Waals surface area contributed by atoms with E-state index >= 15 is 0 Å². The number of esters is 1. The van der Waals surface area contributed by atoms with Gasteiger partial charge in [-0.15, -0.1) is 0 Å². The molecule has 0 saturated carbocycles. The van der Waals surface area contributed by atoms with Gasteiger partial charge in [0.15, 0.2) is 0 Å². The maximum atomic E-state index is 11.7. The number of carbonyl (C=O) groups excluding carboxylic acids is 1. The maximum absolute atomic E-state index is 11.7. The van der Waals surface area contributed by atoms with Crippen molar-refractivity contribution in [1.82, 2.24) is 0 Å². The normalized spacial score (nSPS) is 11.9. The molecule has 1 atom stereocenters. The molecule has 0 aliphatic rings. The minimum absolute atomic E-state index is 0.0581. The smallest absolute Gasteiger partial charge is 0.338 e. The molecule has 0 aromatic heterocycles. The summed E-state index contributed by atoms with van der Waals surface area (Å²) in [5.41, 5.74) is 0.289. The average Bonchev–Trinajstić information content (AvgIpc) is 2.42. The van der Waals surface area contributed by atoms with Crippen molar-refractivity contribution < 1.29 is 24.5 Å². The molecule has 0 fully saturated rings. The van der Waals surface area contributed by atoms with Gasteiger partial charge in [-0.1, -0.05) is 13.0 Å². The Balaban J connectivity index is 2.54. The summed E-state index contributed by atoms with van der Waals surface area (Å²) in [6, 6.07) is 5.74. The zero-order valence-corrected chi connectivity index (χ0v) is 10.8. The molecule has 1 aromatic rings. The van der Waals surface area contributed by atoms with E-state index in [2.05, 4.69) is 0 Å². The van der Waals surface area contributed by atoms with Gasteiger partial charge in [0.05, 0.1) is 17.7 Å². The first-order valence-electron chi connectivity index (χ1n) is 6.16. The van der Waals surface area contributed by atoms with Gasteiger partial charge in [0.25, 0.3) is 0 Å². The predicted molar refractivity (Wildman–Crippen MR) is 69.2 cm³/mol. The van der Waals surface area contributed by atoms with E-state index in [1.807, 2.05) is 6.92 Å². The first-order valence-corrected chi connectivity index (χ1v) is 6.16. The molecule has 1 rings (SSSR count). The molecule has 1 aromatic carbocycles. The second-order valence-electron chi connectivity index (χ2n) is 4.46. The summed E-state index contributed by atoms with van der Waals surface area (Å²) in [7, 11) is 0. The Morgan fingerprint density at radius 3 is 2.63 bits per heavy atom. The molecular formula is C14H18O5. The number of carbonyl (C=O) groups is 2. The highest BCUT2D eigenvalue weighted by atomic mass is 16.5. The Morgan fingerprint density at radius 2 is 2.00 bits per heavy atom. The van der Waals surface area contributed by atoms with Gasteiger partial charge >= 0.3 is 11.9 Å². The molecule has 0 spiro atoms. The second-order valence-corrected chi connectivity index (χ2v) is 4.46. The van der Waals surface area contributed by atoms with Crippen LogP contribution in [0.1, 0.15) is 40.5 Å². The Morgan fingerprint density at radius 1 is 1.32 bits per heavy atom. The summed E-state index contributed by atoms with van der Waals surface area (Å²) in [6.07, 6.45) is 1.45. The Hall–Kier alpha value is -1.88. The molecule has 0 aliphatic carbocycles. The monoisotopic (exact) mass is 266 g/mol. The molecular weight excluding hydrogens is 248 g/mol. The van der Waals surface area contributed by atoms with Gasteiger partial charge in [0.1, 0.15) is 0 Å². The Kier molecular flexibility index (Phi) is 6.02. The zero-order chi connectivity index (χ0) is 14.3. The molecule has 2 N–H and O–H groups in total. The van der Waals surface area contributed by atoms with E-state index in [1.54, 1.807) is 0 Å². The van der Waals surface area contributed by atoms with E-state index < -0.39 is 11.9 Å². The van der Waals surface area contributed by atoms with Gasteiger partial charge < -0.3 is 14.9 Å². The van der Waals surface area contributed by atoms with E-state index in [1.165, 1.54) is 24.3 Å². The molecule has 104 valence electrons. The van der Waals surface area contributed by atoms with Crippen molar-refractivity contribution in [2.75, 3.05) is 13.2 Å². The number of aromatic carboxylic acids is 1. The summed E-state index contributed by atoms with van der Waals surface area (Å²) >= 11 is 0. The van der Waals surface area contributed by atoms with Gasteiger partial charge in [0, 0.05) is 6.61 Å². The summed E-state index contributed by atoms with van der Waals surface area (Å²) < 4.78 is 5.11. The topological polar surface area (TPSA) is 83.8 Å². The fourth-order valence-electron chi connectivity index (χ4n) is 1.60. The highest BCUT2D eigenvalue weighted by Crippen LogP contribution is 2.10. The maximum Gasteiger partial charge on any atom is 0.338 e. The van der Waals surface area contributed by atoms with Crippen LogP contribution < -0.4 is 0 Å². The van der Waals surface area contributed by atoms with E-state index in [4.69, 9.17) is 14.9 Å². The van der Waals surface area contributed by atoms with Gasteiger partial charge in [-0.2, -0.15) is 0 Å². The summed E-state index contributed by atoms with van der Waals surface area (Å²) in [5.74, 6) is -1.44. The SMILES string of the molecule is CC(CCCO)COC(=O)c1cccc(C(=O)O)c1. The third-order valence-electron chi connectivity index (χ3n) is 2.70. The average molecular weight is 266 g/mol. The fourth-order valence-corrected chi connectivity index (χ4v) is 1.60. The van der Waals surface area contributed by atoms with Crippen LogP contribution in [0, 0.1) is 5.92 Å². The third-order valence-corrected chi connectivity index (χ3v) is 2.70. The first kappa shape index (κ1) is 15.2. The van der Waals surface area contributed by atoms with Crippen molar-refractivity contribution in [3.63, 3.8) is 0 Å². The number of hydrogen-bond acceptors (Lipinski definition) is 4. The molecule has 5 heteroatoms. The van der Waals surface area contributed by atoms with Crippen LogP contribution in [0.3, 0.4) is 0 Å². The largest absolute Gasteiger partial charge is 0.478 e. The fraction of sp³-hybridized carbons (Fsp3) is 0.429. The Labute approximate surface area is 111 Å². The van der Waals surface area contributed by atoms with Crippen molar-refractivity contribution in [3.8, 4) is 0 Å². The summed E-state index contributed by atoms with van der Waals surface area (Å²) in [5, 5.41) is 17.5. The van der Waals surface area contributed by atoms with E-state index in [9.17, 15) is 9.59 Å². The molecule has 0 saturated heterocycles. The predicted octanol–water partition coefficient (Wildman–Crippen LogP) is 1.95. The molecule has 5 nitrogen and oxygen atoms in total. The van der Waals surface area contributed by atoms with Crippen molar-refractivity contribution in [3.05, 3.63) is 35.4 Å². The van der Waals surface area contributed by atoms with E-state index in [-0.39, 0.29) is 30.3 Å². The van der Waals surface area contributed by atoms with Crippen LogP contribution in [0.5, 0.6) is 0 Å². The zero-order valence-electron chi connectivity index (χ0n) is 10.8. The minimum atomic E-state index is -1.08. The second kappa shape index (κ2) is 7.53. The highest BCUT2D eigenvalue weighted by Gasteiger charge is 2.12. The lowest BCUT2D eigenvalue weighted by Crippen LogP contribution is -2.13. The van der Waals surface area contributed by atoms with Gasteiger partial charge in [-0.05, 0) is 37.0 Å². The van der Waals surface area contributed by atoms with Crippen LogP contribution in [0.25, 0.3) is 0 Å². The first-order chi connectivity index (χ1) is 9.04. The number of aliphatic hydroxyl groups excluding tert-OH is 1. The van der Waals surface area contributed by atoms with Crippen LogP contribution in [0.15, 0.2) is 24.3 Å². The third kappa shape index (κ3) is 5.09. The molecule has 19 heavy (non-hydrogen) atoms. The van der Waals surface area contributed by atoms with Crippen molar-refractivity contribution in [1.29, 1.82) is 0 Å². The lowest BCUT2D eigenvalue weighted by Gasteiger charge is -2.11. The van der Waals surface area contributed by atoms with E-state index in [0.29, 0.717) is 6.42 Å². The van der Waals surface area contributed by atoms with Crippen LogP contribution in [0.2, 0.25) is 0 Å². The number of benzene rings is 1. The van der Waals surface area contributed by atoms with Gasteiger partial charge in [0.2, 0.25) is 0 Å². The number of carboxylic acids is 1. The van der Waals surface area contributed by atoms with Gasteiger partial charge in [-0.3, -0.25) is 0 Å². The van der Waals surface area contributed by atoms with Crippen molar-refractivity contribution in [2.24, 2.45) is 5.92 Å². The molecule has 0 bridgehead atoms. The molecule has 0 radical (unpaired) electrons. The van der Waals surface area contributed by atoms with Crippen LogP contribution >= 0.6 is 0 Å². The van der Waals surface area contributed by atoms with Crippen LogP contribution in [-0.4, -0.2) is 35.4 Å². The number of hydrogen-bond donors (Lipinski definition) is 2. The standard InChI is InChI=1S/C14H18O5/c1-10(4-3-7-15)9-19-14(18)12-6-2-5-11(8-12)13(16)17/h2,5-6,8,10,15H,3-4,7,9H2,1H3,(H,16,17). The molecule has 0 aliphatic heterocycles. The summed E-state index contributed by atoms with van der Waals surface area (Å²) in [4.78, 5) is 22.5. The highest BCUT2D eigenvalue weighted by molar-refractivity contribution is 5.94. The minimum Gasteiger partial charge on any atom is -0.478 e. The number of ether oxygens (including phenoxy) is 1. The Bertz CT molecular complexity index is 441. The lowest BCUT2D eigenvalue weighted by atomic mass is 10.1. The quantitative estimate of drug-likeness (QED) is 0.737. The van der Waals surface area contributed by atoms with Crippen LogP contribution in [0.4, 0.5) is 0 Å². The van der Waals surface area contributed by atoms with Gasteiger partial charge in [-0.25, -0.2) is 9.59 Å². The number of rotatable bonds is 7. The van der Waals surface area contributed by atoms with Crippen LogP contribution in [-0.2, 0) is 4.74 Å². The van der Waals surface area contributed by atoms with Crippen molar-refractivity contribution >= 4 is 11.9 Å². The lowest BCUT2D eigenvalue weighted by molar-refractivity contribution is 0.0440. The van der Waals surface area contributed by atoms with E-state index in [0.717, 1.165) is 6.42 Å². The molecule has 0 heterocycles. The molecule has 0 amide bonds. The summed E-state index contributed by atoms with van der Waals surface area (Å²) in [6.45, 7) is 2.31.